The smallest absolute Gasteiger partial charge is 0.306 e. The van der Waals surface area contributed by atoms with Gasteiger partial charge in [-0.2, -0.15) is 0 Å². The molecule has 448 valence electrons. The second-order valence-corrected chi connectivity index (χ2v) is 21.3. The molecule has 0 aromatic rings. The molecule has 0 N–H and O–H groups in total. The SMILES string of the molecule is CC/C=C\C/C=C\C/C=C\C/C=C\C/C=C\CCCCCCCC(=O)OC(COC(=O)CCCCCCC/C=C\C/C=C\CCC)COC(=O)CCCCCCCCCCCCCCCC/C=C\C/C=C\C/C=C\C/C=C\CC. The molecule has 0 rings (SSSR count). The van der Waals surface area contributed by atoms with Gasteiger partial charge < -0.3 is 14.2 Å². The average molecular weight is 1090 g/mol. The molecule has 0 fully saturated rings. The molecule has 1 atom stereocenters. The van der Waals surface area contributed by atoms with E-state index in [1.165, 1.54) is 83.5 Å². The van der Waals surface area contributed by atoms with Gasteiger partial charge in [0.1, 0.15) is 13.2 Å². The van der Waals surface area contributed by atoms with Gasteiger partial charge in [0.25, 0.3) is 0 Å². The van der Waals surface area contributed by atoms with E-state index in [2.05, 4.69) is 154 Å². The fourth-order valence-corrected chi connectivity index (χ4v) is 8.79. The van der Waals surface area contributed by atoms with Crippen molar-refractivity contribution in [1.29, 1.82) is 0 Å². The lowest BCUT2D eigenvalue weighted by Crippen LogP contribution is -2.30. The van der Waals surface area contributed by atoms with Gasteiger partial charge in [0.15, 0.2) is 6.10 Å². The number of carbonyl (C=O) groups excluding carboxylic acids is 3. The predicted molar refractivity (Wildman–Crippen MR) is 343 cm³/mol. The van der Waals surface area contributed by atoms with E-state index in [0.717, 1.165) is 167 Å². The van der Waals surface area contributed by atoms with Gasteiger partial charge in [-0.05, 0) is 128 Å². The Morgan fingerprint density at radius 1 is 0.266 bits per heavy atom. The summed E-state index contributed by atoms with van der Waals surface area (Å²) >= 11 is 0. The van der Waals surface area contributed by atoms with Crippen molar-refractivity contribution in [3.8, 4) is 0 Å². The molecular weight excluding hydrogens is 973 g/mol. The number of unbranched alkanes of at least 4 members (excludes halogenated alkanes) is 25. The largest absolute Gasteiger partial charge is 0.462 e. The Hall–Kier alpha value is -4.45. The molecule has 0 saturated carbocycles. The summed E-state index contributed by atoms with van der Waals surface area (Å²) in [5.74, 6) is -0.924. The standard InChI is InChI=1S/C73H120O6/c1-4-7-10-13-16-19-22-25-27-29-31-33-34-35-36-37-38-40-41-43-45-48-51-54-57-60-63-66-72(75)78-69-70(68-77-71(74)65-62-59-56-53-50-47-24-21-18-15-12-9-6-3)79-73(76)67-64-61-58-55-52-49-46-44-42-39-32-30-28-26-23-20-17-14-11-8-5-2/h7-8,10-12,15-17,19-21,24-28,31-33,39,44,46,70H,4-6,9,13-14,18,22-23,29-30,34-38,40-43,45,47-69H2,1-3H3/b10-7-,11-8-,15-12-,19-16-,20-17-,24-21-,27-25-,28-26-,33-31-,39-32-,46-44-. The Labute approximate surface area is 487 Å². The molecule has 79 heavy (non-hydrogen) atoms. The van der Waals surface area contributed by atoms with Crippen LogP contribution in [0.2, 0.25) is 0 Å². The van der Waals surface area contributed by atoms with Gasteiger partial charge >= 0.3 is 17.9 Å². The lowest BCUT2D eigenvalue weighted by molar-refractivity contribution is -0.167. The Bertz CT molecular complexity index is 1680. The summed E-state index contributed by atoms with van der Waals surface area (Å²) in [6, 6.07) is 0. The molecule has 0 heterocycles. The predicted octanol–water partition coefficient (Wildman–Crippen LogP) is 22.5. The van der Waals surface area contributed by atoms with Gasteiger partial charge in [-0.3, -0.25) is 14.4 Å². The van der Waals surface area contributed by atoms with E-state index in [1.807, 2.05) is 0 Å². The van der Waals surface area contributed by atoms with Crippen LogP contribution in [0.25, 0.3) is 0 Å². The van der Waals surface area contributed by atoms with Crippen molar-refractivity contribution in [2.45, 2.75) is 297 Å². The number of rotatable bonds is 58. The number of hydrogen-bond donors (Lipinski definition) is 0. The molecular formula is C73H120O6. The third-order valence-corrected chi connectivity index (χ3v) is 13.6. The molecule has 0 saturated heterocycles. The van der Waals surface area contributed by atoms with Gasteiger partial charge in [-0.1, -0.05) is 276 Å². The van der Waals surface area contributed by atoms with E-state index < -0.39 is 6.10 Å². The zero-order valence-electron chi connectivity index (χ0n) is 51.3. The van der Waals surface area contributed by atoms with E-state index in [4.69, 9.17) is 14.2 Å². The molecule has 6 heteroatoms. The molecule has 0 bridgehead atoms. The molecule has 0 aliphatic heterocycles. The van der Waals surface area contributed by atoms with Crippen LogP contribution in [0, 0.1) is 0 Å². The summed E-state index contributed by atoms with van der Waals surface area (Å²) in [4.78, 5) is 38.3. The normalized spacial score (nSPS) is 13.0. The van der Waals surface area contributed by atoms with Gasteiger partial charge in [-0.15, -0.1) is 0 Å². The summed E-state index contributed by atoms with van der Waals surface area (Å²) in [5.41, 5.74) is 0. The van der Waals surface area contributed by atoms with E-state index in [-0.39, 0.29) is 31.1 Å². The number of allylic oxidation sites excluding steroid dienone is 22. The second-order valence-electron chi connectivity index (χ2n) is 21.3. The van der Waals surface area contributed by atoms with Crippen molar-refractivity contribution in [2.75, 3.05) is 13.2 Å². The minimum Gasteiger partial charge on any atom is -0.462 e. The van der Waals surface area contributed by atoms with Crippen molar-refractivity contribution in [3.63, 3.8) is 0 Å². The first kappa shape index (κ1) is 74.5. The summed E-state index contributed by atoms with van der Waals surface area (Å²) in [6.07, 6.45) is 93.2. The average Bonchev–Trinajstić information content (AvgIpc) is 3.45. The van der Waals surface area contributed by atoms with Crippen LogP contribution in [0.4, 0.5) is 0 Å². The highest BCUT2D eigenvalue weighted by molar-refractivity contribution is 5.71. The number of ether oxygens (including phenoxy) is 3. The van der Waals surface area contributed by atoms with Crippen LogP contribution in [0.3, 0.4) is 0 Å². The van der Waals surface area contributed by atoms with Crippen molar-refractivity contribution in [2.24, 2.45) is 0 Å². The minimum absolute atomic E-state index is 0.0934. The quantitative estimate of drug-likeness (QED) is 0.0261. The Balaban J connectivity index is 4.34. The Morgan fingerprint density at radius 2 is 0.494 bits per heavy atom. The monoisotopic (exact) mass is 1090 g/mol. The molecule has 0 aromatic carbocycles. The van der Waals surface area contributed by atoms with Crippen LogP contribution in [-0.2, 0) is 28.6 Å². The summed E-state index contributed by atoms with van der Waals surface area (Å²) in [5, 5.41) is 0. The van der Waals surface area contributed by atoms with Gasteiger partial charge in [0, 0.05) is 19.3 Å². The third kappa shape index (κ3) is 64.3. The van der Waals surface area contributed by atoms with Gasteiger partial charge in [0.2, 0.25) is 0 Å². The molecule has 0 radical (unpaired) electrons. The Kier molecular flexibility index (Phi) is 62.3. The van der Waals surface area contributed by atoms with Crippen molar-refractivity contribution in [1.82, 2.24) is 0 Å². The van der Waals surface area contributed by atoms with Crippen LogP contribution >= 0.6 is 0 Å². The van der Waals surface area contributed by atoms with E-state index in [0.29, 0.717) is 19.3 Å². The first-order valence-corrected chi connectivity index (χ1v) is 32.7. The molecule has 0 aromatic heterocycles. The zero-order chi connectivity index (χ0) is 57.1. The van der Waals surface area contributed by atoms with Crippen LogP contribution in [0.15, 0.2) is 134 Å². The van der Waals surface area contributed by atoms with Crippen LogP contribution < -0.4 is 0 Å². The maximum Gasteiger partial charge on any atom is 0.306 e. The van der Waals surface area contributed by atoms with Crippen LogP contribution in [0.1, 0.15) is 290 Å². The first-order chi connectivity index (χ1) is 39.0. The molecule has 0 spiro atoms. The zero-order valence-corrected chi connectivity index (χ0v) is 51.3. The van der Waals surface area contributed by atoms with Gasteiger partial charge in [-0.25, -0.2) is 0 Å². The first-order valence-electron chi connectivity index (χ1n) is 32.7. The summed E-state index contributed by atoms with van der Waals surface area (Å²) in [6.45, 7) is 6.33. The number of hydrogen-bond acceptors (Lipinski definition) is 6. The van der Waals surface area contributed by atoms with Crippen LogP contribution in [0.5, 0.6) is 0 Å². The maximum atomic E-state index is 12.9. The number of carbonyl (C=O) groups is 3. The number of esters is 3. The van der Waals surface area contributed by atoms with Crippen LogP contribution in [-0.4, -0.2) is 37.2 Å². The summed E-state index contributed by atoms with van der Waals surface area (Å²) in [7, 11) is 0. The summed E-state index contributed by atoms with van der Waals surface area (Å²) < 4.78 is 16.9. The fraction of sp³-hybridized carbons (Fsp3) is 0.658. The topological polar surface area (TPSA) is 78.9 Å². The van der Waals surface area contributed by atoms with Crippen molar-refractivity contribution in [3.05, 3.63) is 134 Å². The fourth-order valence-electron chi connectivity index (χ4n) is 8.79. The molecule has 0 aliphatic rings. The molecule has 6 nitrogen and oxygen atoms in total. The molecule has 0 aliphatic carbocycles. The van der Waals surface area contributed by atoms with Crippen molar-refractivity contribution >= 4 is 17.9 Å². The highest BCUT2D eigenvalue weighted by atomic mass is 16.6. The highest BCUT2D eigenvalue weighted by Gasteiger charge is 2.19. The third-order valence-electron chi connectivity index (χ3n) is 13.6. The minimum atomic E-state index is -0.800. The highest BCUT2D eigenvalue weighted by Crippen LogP contribution is 2.16. The van der Waals surface area contributed by atoms with E-state index in [1.54, 1.807) is 0 Å². The van der Waals surface area contributed by atoms with E-state index >= 15 is 0 Å². The molecule has 1 unspecified atom stereocenters. The second kappa shape index (κ2) is 66.1. The Morgan fingerprint density at radius 3 is 0.772 bits per heavy atom. The lowest BCUT2D eigenvalue weighted by Gasteiger charge is -2.18. The van der Waals surface area contributed by atoms with E-state index in [9.17, 15) is 14.4 Å². The maximum absolute atomic E-state index is 12.9. The lowest BCUT2D eigenvalue weighted by atomic mass is 10.0. The van der Waals surface area contributed by atoms with Gasteiger partial charge in [0.05, 0.1) is 0 Å². The van der Waals surface area contributed by atoms with Crippen molar-refractivity contribution < 1.29 is 28.6 Å². The molecule has 0 amide bonds.